The molecule has 0 aliphatic heterocycles. The lowest BCUT2D eigenvalue weighted by molar-refractivity contribution is 0.0338. The molecule has 124 valence electrons. The molecule has 0 bridgehead atoms. The van der Waals surface area contributed by atoms with Crippen LogP contribution in [0.15, 0.2) is 42.7 Å². The van der Waals surface area contributed by atoms with E-state index in [1.807, 2.05) is 36.7 Å². The second-order valence-corrected chi connectivity index (χ2v) is 6.30. The number of carbonyl (C=O) groups is 1. The summed E-state index contributed by atoms with van der Waals surface area (Å²) < 4.78 is 7.33. The second kappa shape index (κ2) is 6.61. The van der Waals surface area contributed by atoms with Crippen molar-refractivity contribution in [3.63, 3.8) is 0 Å². The predicted molar refractivity (Wildman–Crippen MR) is 93.2 cm³/mol. The van der Waals surface area contributed by atoms with E-state index in [0.29, 0.717) is 10.6 Å². The summed E-state index contributed by atoms with van der Waals surface area (Å²) in [5, 5.41) is 5.68. The van der Waals surface area contributed by atoms with Gasteiger partial charge in [0, 0.05) is 28.2 Å². The smallest absolute Gasteiger partial charge is 0.340 e. The third kappa shape index (κ3) is 3.12. The maximum absolute atomic E-state index is 12.4. The minimum absolute atomic E-state index is 0.202. The van der Waals surface area contributed by atoms with Gasteiger partial charge in [0.1, 0.15) is 6.10 Å². The molecule has 1 atom stereocenters. The van der Waals surface area contributed by atoms with Crippen molar-refractivity contribution in [1.29, 1.82) is 0 Å². The first-order valence-corrected chi connectivity index (χ1v) is 8.14. The Kier molecular flexibility index (Phi) is 4.53. The van der Waals surface area contributed by atoms with Gasteiger partial charge in [0.25, 0.3) is 0 Å². The molecular weight excluding hydrogens is 326 g/mol. The topological polar surface area (TPSA) is 57.0 Å². The van der Waals surface area contributed by atoms with Crippen LogP contribution in [-0.4, -0.2) is 20.7 Å². The van der Waals surface area contributed by atoms with Crippen LogP contribution in [0, 0.1) is 0 Å². The number of esters is 1. The van der Waals surface area contributed by atoms with Crippen LogP contribution >= 0.6 is 11.6 Å². The Morgan fingerprint density at radius 2 is 1.96 bits per heavy atom. The number of aromatic nitrogens is 3. The molecular formula is C18H18ClN3O2. The fourth-order valence-electron chi connectivity index (χ4n) is 2.53. The third-order valence-corrected chi connectivity index (χ3v) is 4.13. The molecule has 2 heterocycles. The van der Waals surface area contributed by atoms with Gasteiger partial charge in [-0.25, -0.2) is 14.5 Å². The number of nitrogens with zero attached hydrogens (tertiary/aromatic N) is 3. The second-order valence-electron chi connectivity index (χ2n) is 5.89. The van der Waals surface area contributed by atoms with Gasteiger partial charge in [0.05, 0.1) is 11.8 Å². The van der Waals surface area contributed by atoms with Gasteiger partial charge in [-0.05, 0) is 32.9 Å². The highest BCUT2D eigenvalue weighted by Crippen LogP contribution is 2.26. The average Bonchev–Trinajstić information content (AvgIpc) is 2.98. The molecule has 0 aliphatic carbocycles. The van der Waals surface area contributed by atoms with Gasteiger partial charge < -0.3 is 4.74 Å². The number of fused-ring (bicyclic) bond motifs is 1. The Hall–Kier alpha value is -2.40. The van der Waals surface area contributed by atoms with Crippen molar-refractivity contribution in [2.75, 3.05) is 0 Å². The molecule has 0 aliphatic rings. The Morgan fingerprint density at radius 1 is 1.21 bits per heavy atom. The molecule has 5 nitrogen and oxygen atoms in total. The van der Waals surface area contributed by atoms with Gasteiger partial charge in [0.2, 0.25) is 0 Å². The van der Waals surface area contributed by atoms with Crippen molar-refractivity contribution in [2.24, 2.45) is 0 Å². The first kappa shape index (κ1) is 16.5. The maximum Gasteiger partial charge on any atom is 0.340 e. The maximum atomic E-state index is 12.4. The summed E-state index contributed by atoms with van der Waals surface area (Å²) in [5.74, 6) is -0.436. The van der Waals surface area contributed by atoms with Gasteiger partial charge in [-0.15, -0.1) is 0 Å². The van der Waals surface area contributed by atoms with E-state index in [1.165, 1.54) is 6.20 Å². The van der Waals surface area contributed by atoms with E-state index in [2.05, 4.69) is 10.1 Å². The van der Waals surface area contributed by atoms with Crippen molar-refractivity contribution in [2.45, 2.75) is 32.9 Å². The molecule has 0 unspecified atom stereocenters. The quantitative estimate of drug-likeness (QED) is 0.650. The Balaban J connectivity index is 1.82. The lowest BCUT2D eigenvalue weighted by Crippen LogP contribution is -2.10. The molecule has 0 N–H and O–H groups in total. The number of halogens is 1. The molecule has 0 fully saturated rings. The minimum atomic E-state index is -0.444. The van der Waals surface area contributed by atoms with Gasteiger partial charge in [-0.1, -0.05) is 29.8 Å². The molecule has 2 aromatic heterocycles. The highest BCUT2D eigenvalue weighted by molar-refractivity contribution is 6.31. The van der Waals surface area contributed by atoms with Crippen molar-refractivity contribution in [1.82, 2.24) is 14.8 Å². The van der Waals surface area contributed by atoms with E-state index in [9.17, 15) is 4.79 Å². The zero-order chi connectivity index (χ0) is 17.3. The molecule has 0 saturated carbocycles. The number of carbonyl (C=O) groups excluding carboxylic acids is 1. The molecule has 3 rings (SSSR count). The van der Waals surface area contributed by atoms with E-state index in [0.717, 1.165) is 16.6 Å². The van der Waals surface area contributed by atoms with Crippen LogP contribution in [0.25, 0.3) is 11.0 Å². The van der Waals surface area contributed by atoms with Gasteiger partial charge >= 0.3 is 5.97 Å². The summed E-state index contributed by atoms with van der Waals surface area (Å²) in [5.41, 5.74) is 1.92. The SMILES string of the molecule is CC(C)n1ncc2cc(C(=O)O[C@@H](C)c3ccccc3Cl)cnc21. The van der Waals surface area contributed by atoms with Crippen LogP contribution in [0.1, 0.15) is 48.8 Å². The van der Waals surface area contributed by atoms with Crippen LogP contribution in [0.3, 0.4) is 0 Å². The largest absolute Gasteiger partial charge is 0.454 e. The Bertz CT molecular complexity index is 889. The highest BCUT2D eigenvalue weighted by atomic mass is 35.5. The number of rotatable bonds is 4. The van der Waals surface area contributed by atoms with E-state index in [4.69, 9.17) is 16.3 Å². The molecule has 1 aromatic carbocycles. The fourth-order valence-corrected chi connectivity index (χ4v) is 2.82. The lowest BCUT2D eigenvalue weighted by Gasteiger charge is -2.15. The molecule has 0 amide bonds. The van der Waals surface area contributed by atoms with Crippen LogP contribution in [0.2, 0.25) is 5.02 Å². The van der Waals surface area contributed by atoms with Gasteiger partial charge in [-0.3, -0.25) is 0 Å². The van der Waals surface area contributed by atoms with Crippen LogP contribution in [-0.2, 0) is 4.74 Å². The fraction of sp³-hybridized carbons (Fsp3) is 0.278. The van der Waals surface area contributed by atoms with Gasteiger partial charge in [0.15, 0.2) is 5.65 Å². The average molecular weight is 344 g/mol. The first-order chi connectivity index (χ1) is 11.5. The number of hydrogen-bond acceptors (Lipinski definition) is 4. The third-order valence-electron chi connectivity index (χ3n) is 3.79. The van der Waals surface area contributed by atoms with Crippen LogP contribution in [0.4, 0.5) is 0 Å². The summed E-state index contributed by atoms with van der Waals surface area (Å²) in [6.07, 6.45) is 2.78. The molecule has 0 radical (unpaired) electrons. The summed E-state index contributed by atoms with van der Waals surface area (Å²) >= 11 is 6.14. The molecule has 6 heteroatoms. The lowest BCUT2D eigenvalue weighted by atomic mass is 10.1. The molecule has 24 heavy (non-hydrogen) atoms. The number of benzene rings is 1. The van der Waals surface area contributed by atoms with E-state index < -0.39 is 12.1 Å². The van der Waals surface area contributed by atoms with E-state index in [1.54, 1.807) is 25.3 Å². The summed E-state index contributed by atoms with van der Waals surface area (Å²) in [6, 6.07) is 9.26. The summed E-state index contributed by atoms with van der Waals surface area (Å²) in [6.45, 7) is 5.85. The van der Waals surface area contributed by atoms with Crippen LogP contribution < -0.4 is 0 Å². The zero-order valence-electron chi connectivity index (χ0n) is 13.7. The number of pyridine rings is 1. The highest BCUT2D eigenvalue weighted by Gasteiger charge is 2.17. The predicted octanol–water partition coefficient (Wildman–Crippen LogP) is 4.58. The molecule has 0 spiro atoms. The van der Waals surface area contributed by atoms with E-state index >= 15 is 0 Å². The van der Waals surface area contributed by atoms with E-state index in [-0.39, 0.29) is 6.04 Å². The molecule has 0 saturated heterocycles. The monoisotopic (exact) mass is 343 g/mol. The first-order valence-electron chi connectivity index (χ1n) is 7.76. The van der Waals surface area contributed by atoms with Crippen molar-refractivity contribution in [3.8, 4) is 0 Å². The normalized spacial score (nSPS) is 12.5. The number of hydrogen-bond donors (Lipinski definition) is 0. The van der Waals surface area contributed by atoms with Crippen LogP contribution in [0.5, 0.6) is 0 Å². The standard InChI is InChI=1S/C18H18ClN3O2/c1-11(2)22-17-13(10-21-22)8-14(9-20-17)18(23)24-12(3)15-6-4-5-7-16(15)19/h4-12H,1-3H3/t12-/m0/s1. The van der Waals surface area contributed by atoms with Crippen molar-refractivity contribution in [3.05, 3.63) is 58.9 Å². The summed E-state index contributed by atoms with van der Waals surface area (Å²) in [7, 11) is 0. The van der Waals surface area contributed by atoms with Crippen molar-refractivity contribution < 1.29 is 9.53 Å². The minimum Gasteiger partial charge on any atom is -0.454 e. The zero-order valence-corrected chi connectivity index (χ0v) is 14.5. The number of ether oxygens (including phenoxy) is 1. The summed E-state index contributed by atoms with van der Waals surface area (Å²) in [4.78, 5) is 16.7. The van der Waals surface area contributed by atoms with Gasteiger partial charge in [-0.2, -0.15) is 5.10 Å². The Labute approximate surface area is 145 Å². The van der Waals surface area contributed by atoms with Crippen molar-refractivity contribution >= 4 is 28.6 Å². The Morgan fingerprint density at radius 3 is 2.67 bits per heavy atom. The molecule has 3 aromatic rings.